The van der Waals surface area contributed by atoms with Gasteiger partial charge in [-0.15, -0.1) is 0 Å². The van der Waals surface area contributed by atoms with Crippen molar-refractivity contribution < 1.29 is 9.47 Å². The van der Waals surface area contributed by atoms with Crippen LogP contribution in [0.3, 0.4) is 0 Å². The Bertz CT molecular complexity index is 391. The highest BCUT2D eigenvalue weighted by Gasteiger charge is 2.22. The maximum absolute atomic E-state index is 5.97. The average Bonchev–Trinajstić information content (AvgIpc) is 3.16. The summed E-state index contributed by atoms with van der Waals surface area (Å²) in [5, 5.41) is 3.48. The fraction of sp³-hybridized carbons (Fsp3) is 0.950. The Balaban J connectivity index is 1.72. The molecular formula is C20H40N4O2. The van der Waals surface area contributed by atoms with Gasteiger partial charge in [0.1, 0.15) is 0 Å². The molecule has 0 aromatic carbocycles. The number of likely N-dealkylation sites (tertiary alicyclic amines) is 2. The Hall–Kier alpha value is -0.850. The summed E-state index contributed by atoms with van der Waals surface area (Å²) in [4.78, 5) is 9.92. The van der Waals surface area contributed by atoms with E-state index in [1.165, 1.54) is 32.5 Å². The van der Waals surface area contributed by atoms with Crippen molar-refractivity contribution in [3.63, 3.8) is 0 Å². The van der Waals surface area contributed by atoms with Crippen molar-refractivity contribution in [2.75, 3.05) is 66.1 Å². The first-order valence-electron chi connectivity index (χ1n) is 10.6. The summed E-state index contributed by atoms with van der Waals surface area (Å²) in [6.07, 6.45) is 6.26. The van der Waals surface area contributed by atoms with Gasteiger partial charge in [0.25, 0.3) is 0 Å². The van der Waals surface area contributed by atoms with Crippen LogP contribution in [0.4, 0.5) is 0 Å². The van der Waals surface area contributed by atoms with Crippen molar-refractivity contribution in [2.24, 2.45) is 10.9 Å². The topological polar surface area (TPSA) is 49.3 Å². The van der Waals surface area contributed by atoms with Crippen LogP contribution in [-0.2, 0) is 9.47 Å². The Morgan fingerprint density at radius 2 is 1.88 bits per heavy atom. The molecule has 152 valence electrons. The van der Waals surface area contributed by atoms with E-state index in [2.05, 4.69) is 29.0 Å². The number of aliphatic imine (C=N–C) groups is 1. The number of piperidine rings is 1. The monoisotopic (exact) mass is 368 g/mol. The SMILES string of the molecule is CCNC(=NCC(C)CN1CCCC1)N1CCC(OCCCOC)CC1. The second kappa shape index (κ2) is 12.5. The molecular weight excluding hydrogens is 328 g/mol. The second-order valence-corrected chi connectivity index (χ2v) is 7.71. The van der Waals surface area contributed by atoms with E-state index in [-0.39, 0.29) is 0 Å². The van der Waals surface area contributed by atoms with Gasteiger partial charge in [-0.3, -0.25) is 4.99 Å². The van der Waals surface area contributed by atoms with Gasteiger partial charge in [0.15, 0.2) is 5.96 Å². The summed E-state index contributed by atoms with van der Waals surface area (Å²) in [6.45, 7) is 13.7. The molecule has 2 fully saturated rings. The minimum absolute atomic E-state index is 0.389. The molecule has 0 bridgehead atoms. The van der Waals surface area contributed by atoms with Crippen LogP contribution in [0.2, 0.25) is 0 Å². The van der Waals surface area contributed by atoms with Crippen molar-refractivity contribution in [2.45, 2.75) is 52.1 Å². The molecule has 0 spiro atoms. The molecule has 2 rings (SSSR count). The summed E-state index contributed by atoms with van der Waals surface area (Å²) >= 11 is 0. The van der Waals surface area contributed by atoms with Gasteiger partial charge in [0.05, 0.1) is 6.10 Å². The lowest BCUT2D eigenvalue weighted by molar-refractivity contribution is 0.00989. The first-order chi connectivity index (χ1) is 12.7. The van der Waals surface area contributed by atoms with Gasteiger partial charge in [-0.2, -0.15) is 0 Å². The summed E-state index contributed by atoms with van der Waals surface area (Å²) in [6, 6.07) is 0. The minimum Gasteiger partial charge on any atom is -0.385 e. The van der Waals surface area contributed by atoms with Gasteiger partial charge in [0.2, 0.25) is 0 Å². The normalized spacial score (nSPS) is 21.3. The average molecular weight is 369 g/mol. The number of ether oxygens (including phenoxy) is 2. The van der Waals surface area contributed by atoms with Crippen molar-refractivity contribution in [1.82, 2.24) is 15.1 Å². The second-order valence-electron chi connectivity index (χ2n) is 7.71. The van der Waals surface area contributed by atoms with Gasteiger partial charge in [-0.25, -0.2) is 0 Å². The summed E-state index contributed by atoms with van der Waals surface area (Å²) in [7, 11) is 1.74. The summed E-state index contributed by atoms with van der Waals surface area (Å²) in [5.74, 6) is 1.70. The van der Waals surface area contributed by atoms with Gasteiger partial charge in [-0.05, 0) is 58.0 Å². The van der Waals surface area contributed by atoms with Crippen LogP contribution in [0.15, 0.2) is 4.99 Å². The summed E-state index contributed by atoms with van der Waals surface area (Å²) in [5.41, 5.74) is 0. The quantitative estimate of drug-likeness (QED) is 0.364. The van der Waals surface area contributed by atoms with Crippen LogP contribution in [0.1, 0.15) is 46.0 Å². The van der Waals surface area contributed by atoms with E-state index < -0.39 is 0 Å². The van der Waals surface area contributed by atoms with E-state index in [1.807, 2.05) is 0 Å². The fourth-order valence-electron chi connectivity index (χ4n) is 3.82. The van der Waals surface area contributed by atoms with E-state index in [0.29, 0.717) is 12.0 Å². The van der Waals surface area contributed by atoms with Gasteiger partial charge >= 0.3 is 0 Å². The third-order valence-corrected chi connectivity index (χ3v) is 5.24. The van der Waals surface area contributed by atoms with Crippen molar-refractivity contribution in [3.05, 3.63) is 0 Å². The zero-order valence-electron chi connectivity index (χ0n) is 17.2. The Kier molecular flexibility index (Phi) is 10.3. The number of hydrogen-bond acceptors (Lipinski definition) is 4. The maximum atomic E-state index is 5.97. The molecule has 0 aliphatic carbocycles. The molecule has 2 aliphatic rings. The molecule has 0 radical (unpaired) electrons. The third-order valence-electron chi connectivity index (χ3n) is 5.24. The van der Waals surface area contributed by atoms with Crippen LogP contribution in [0.5, 0.6) is 0 Å². The van der Waals surface area contributed by atoms with E-state index in [0.717, 1.165) is 64.6 Å². The van der Waals surface area contributed by atoms with Crippen molar-refractivity contribution in [3.8, 4) is 0 Å². The van der Waals surface area contributed by atoms with E-state index >= 15 is 0 Å². The third kappa shape index (κ3) is 7.80. The highest BCUT2D eigenvalue weighted by atomic mass is 16.5. The van der Waals surface area contributed by atoms with Gasteiger partial charge < -0.3 is 24.6 Å². The molecule has 1 atom stereocenters. The predicted molar refractivity (Wildman–Crippen MR) is 108 cm³/mol. The molecule has 26 heavy (non-hydrogen) atoms. The lowest BCUT2D eigenvalue weighted by Gasteiger charge is -2.34. The molecule has 0 saturated carbocycles. The number of hydrogen-bond donors (Lipinski definition) is 1. The Labute approximate surface area is 160 Å². The van der Waals surface area contributed by atoms with Crippen molar-refractivity contribution in [1.29, 1.82) is 0 Å². The first-order valence-corrected chi connectivity index (χ1v) is 10.6. The van der Waals surface area contributed by atoms with Crippen LogP contribution in [0, 0.1) is 5.92 Å². The molecule has 0 aromatic rings. The standard InChI is InChI=1S/C20H40N4O2/c1-4-21-20(22-16-18(2)17-23-10-5-6-11-23)24-12-8-19(9-13-24)26-15-7-14-25-3/h18-19H,4-17H2,1-3H3,(H,21,22). The number of guanidine groups is 1. The molecule has 6 heteroatoms. The smallest absolute Gasteiger partial charge is 0.193 e. The lowest BCUT2D eigenvalue weighted by atomic mass is 10.1. The van der Waals surface area contributed by atoms with E-state index in [4.69, 9.17) is 14.5 Å². The predicted octanol–water partition coefficient (Wildman–Crippen LogP) is 2.20. The molecule has 1 unspecified atom stereocenters. The molecule has 0 amide bonds. The summed E-state index contributed by atoms with van der Waals surface area (Å²) < 4.78 is 11.1. The molecule has 0 aromatic heterocycles. The fourth-order valence-corrected chi connectivity index (χ4v) is 3.82. The largest absolute Gasteiger partial charge is 0.385 e. The van der Waals surface area contributed by atoms with Gasteiger partial charge in [0, 0.05) is 53.0 Å². The molecule has 6 nitrogen and oxygen atoms in total. The van der Waals surface area contributed by atoms with E-state index in [1.54, 1.807) is 7.11 Å². The zero-order chi connectivity index (χ0) is 18.6. The number of methoxy groups -OCH3 is 1. The van der Waals surface area contributed by atoms with Crippen LogP contribution < -0.4 is 5.32 Å². The number of nitrogens with zero attached hydrogens (tertiary/aromatic N) is 3. The van der Waals surface area contributed by atoms with Crippen LogP contribution in [0.25, 0.3) is 0 Å². The Morgan fingerprint density at radius 3 is 2.54 bits per heavy atom. The minimum atomic E-state index is 0.389. The highest BCUT2D eigenvalue weighted by Crippen LogP contribution is 2.15. The zero-order valence-corrected chi connectivity index (χ0v) is 17.2. The highest BCUT2D eigenvalue weighted by molar-refractivity contribution is 5.80. The van der Waals surface area contributed by atoms with Crippen LogP contribution >= 0.6 is 0 Å². The van der Waals surface area contributed by atoms with Crippen molar-refractivity contribution >= 4 is 5.96 Å². The number of nitrogens with one attached hydrogen (secondary N) is 1. The van der Waals surface area contributed by atoms with Crippen LogP contribution in [-0.4, -0.2) is 88.0 Å². The first kappa shape index (κ1) is 21.5. The molecule has 1 N–H and O–H groups in total. The Morgan fingerprint density at radius 1 is 1.15 bits per heavy atom. The molecule has 2 heterocycles. The van der Waals surface area contributed by atoms with E-state index in [9.17, 15) is 0 Å². The number of rotatable bonds is 10. The van der Waals surface area contributed by atoms with Gasteiger partial charge in [-0.1, -0.05) is 6.92 Å². The lowest BCUT2D eigenvalue weighted by Crippen LogP contribution is -2.47. The maximum Gasteiger partial charge on any atom is 0.193 e. The molecule has 2 aliphatic heterocycles. The molecule has 2 saturated heterocycles.